The van der Waals surface area contributed by atoms with Gasteiger partial charge in [-0.3, -0.25) is 14.9 Å². The zero-order valence-corrected chi connectivity index (χ0v) is 27.2. The van der Waals surface area contributed by atoms with Crippen LogP contribution < -0.4 is 20.5 Å². The Morgan fingerprint density at radius 3 is 2.43 bits per heavy atom. The smallest absolute Gasteiger partial charge is 0.341 e. The lowest BCUT2D eigenvalue weighted by molar-refractivity contribution is -0.468. The first-order chi connectivity index (χ1) is 22.2. The van der Waals surface area contributed by atoms with E-state index < -0.39 is 16.9 Å². The van der Waals surface area contributed by atoms with E-state index in [9.17, 15) is 19.7 Å². The zero-order valence-electron chi connectivity index (χ0n) is 27.2. The lowest BCUT2D eigenvalue weighted by atomic mass is 9.99. The number of hydrogen-bond acceptors (Lipinski definition) is 8. The third-order valence-corrected chi connectivity index (χ3v) is 6.79. The van der Waals surface area contributed by atoms with Crippen LogP contribution in [-0.2, 0) is 16.0 Å². The van der Waals surface area contributed by atoms with E-state index in [0.29, 0.717) is 29.2 Å². The number of carbonyl (C=O) groups excluding carboxylic acids is 2. The highest BCUT2D eigenvalue weighted by Gasteiger charge is 2.22. The maximum atomic E-state index is 13.2. The Labute approximate surface area is 271 Å². The number of esters is 1. The molecule has 0 aliphatic rings. The lowest BCUT2D eigenvalue weighted by Gasteiger charge is -2.21. The van der Waals surface area contributed by atoms with E-state index in [1.54, 1.807) is 62.6 Å². The lowest BCUT2D eigenvalue weighted by Crippen LogP contribution is -2.33. The number of benzene rings is 2. The van der Waals surface area contributed by atoms with Crippen molar-refractivity contribution in [2.75, 3.05) is 26.9 Å². The standard InChI is InChI=1S/C35H46N4O7/c1-5-8-21-45-32-17-14-28(24-30(32)35(41)46-22-9-6-2)31(38-34(40)23-27-12-15-29(44-4)16-13-27)25-33(36)37-19-18-26(7-3)11-10-20-39(42)43/h7,10-19,24,31H,5-6,8-9,20-23,25H2,1-4H3,(H2,36,37)(H,38,40)/b11-10-,19-18+,26-7+. The molecule has 1 amide bonds. The predicted molar refractivity (Wildman–Crippen MR) is 180 cm³/mol. The van der Waals surface area contributed by atoms with Gasteiger partial charge >= 0.3 is 5.97 Å². The molecule has 0 bridgehead atoms. The van der Waals surface area contributed by atoms with Crippen LogP contribution in [0.1, 0.15) is 80.4 Å². The molecule has 0 radical (unpaired) electrons. The van der Waals surface area contributed by atoms with Gasteiger partial charge in [-0.15, -0.1) is 0 Å². The van der Waals surface area contributed by atoms with Crippen LogP contribution in [-0.4, -0.2) is 49.5 Å². The number of nitrogens with zero attached hydrogens (tertiary/aromatic N) is 2. The van der Waals surface area contributed by atoms with Gasteiger partial charge in [0.1, 0.15) is 22.9 Å². The Hall–Kier alpha value is -4.93. The summed E-state index contributed by atoms with van der Waals surface area (Å²) in [5.74, 6) is 0.578. The number of amides is 1. The van der Waals surface area contributed by atoms with Crippen LogP contribution in [0, 0.1) is 10.1 Å². The van der Waals surface area contributed by atoms with Crippen LogP contribution in [0.2, 0.25) is 0 Å². The molecule has 0 saturated heterocycles. The van der Waals surface area contributed by atoms with Crippen molar-refractivity contribution in [2.45, 2.75) is 65.3 Å². The molecule has 0 aromatic heterocycles. The summed E-state index contributed by atoms with van der Waals surface area (Å²) in [6.45, 7) is 6.33. The van der Waals surface area contributed by atoms with Crippen molar-refractivity contribution >= 4 is 17.7 Å². The van der Waals surface area contributed by atoms with Crippen molar-refractivity contribution in [3.05, 3.63) is 105 Å². The number of rotatable bonds is 20. The van der Waals surface area contributed by atoms with Gasteiger partial charge in [-0.25, -0.2) is 9.79 Å². The number of nitrogens with two attached hydrogens (primary N) is 1. The van der Waals surface area contributed by atoms with Gasteiger partial charge in [-0.05, 0) is 72.9 Å². The number of ether oxygens (including phenoxy) is 3. The molecule has 3 N–H and O–H groups in total. The van der Waals surface area contributed by atoms with Crippen molar-refractivity contribution in [1.29, 1.82) is 0 Å². The topological polar surface area (TPSA) is 155 Å². The SMILES string of the molecule is C/C=C(\C=C/C[N+](=O)[O-])/C=C/N=C(N)CC(NC(=O)Cc1ccc(OC)cc1)c1ccc(OCCCC)c(C(=O)OCCCC)c1. The average molecular weight is 635 g/mol. The molecule has 0 fully saturated rings. The minimum atomic E-state index is -0.629. The van der Waals surface area contributed by atoms with Gasteiger partial charge in [0.25, 0.3) is 0 Å². The Morgan fingerprint density at radius 1 is 1.07 bits per heavy atom. The maximum Gasteiger partial charge on any atom is 0.341 e. The second kappa shape index (κ2) is 20.9. The summed E-state index contributed by atoms with van der Waals surface area (Å²) in [5.41, 5.74) is 8.74. The van der Waals surface area contributed by atoms with Crippen LogP contribution in [0.25, 0.3) is 0 Å². The van der Waals surface area contributed by atoms with Gasteiger partial charge in [-0.2, -0.15) is 0 Å². The molecule has 0 aliphatic heterocycles. The number of nitro groups is 1. The molecule has 11 heteroatoms. The van der Waals surface area contributed by atoms with Crippen LogP contribution in [0.3, 0.4) is 0 Å². The monoisotopic (exact) mass is 634 g/mol. The summed E-state index contributed by atoms with van der Waals surface area (Å²) < 4.78 is 16.6. The normalized spacial score (nSPS) is 12.7. The van der Waals surface area contributed by atoms with Gasteiger partial charge in [0.05, 0.1) is 32.8 Å². The molecular weight excluding hydrogens is 588 g/mol. The first-order valence-corrected chi connectivity index (χ1v) is 15.5. The highest BCUT2D eigenvalue weighted by atomic mass is 16.6. The largest absolute Gasteiger partial charge is 0.497 e. The number of allylic oxidation sites excluding steroid dienone is 4. The summed E-state index contributed by atoms with van der Waals surface area (Å²) in [6.07, 6.45) is 11.7. The van der Waals surface area contributed by atoms with E-state index in [4.69, 9.17) is 19.9 Å². The van der Waals surface area contributed by atoms with Crippen molar-refractivity contribution in [3.8, 4) is 11.5 Å². The van der Waals surface area contributed by atoms with Gasteiger partial charge < -0.3 is 25.3 Å². The fourth-order valence-electron chi connectivity index (χ4n) is 4.19. The Balaban J connectivity index is 2.38. The third kappa shape index (κ3) is 13.8. The summed E-state index contributed by atoms with van der Waals surface area (Å²) >= 11 is 0. The fraction of sp³-hybridized carbons (Fsp3) is 0.400. The van der Waals surface area contributed by atoms with Crippen molar-refractivity contribution < 1.29 is 28.7 Å². The molecular formula is C35H46N4O7. The Bertz CT molecular complexity index is 1400. The number of amidine groups is 1. The third-order valence-electron chi connectivity index (χ3n) is 6.79. The first-order valence-electron chi connectivity index (χ1n) is 15.5. The first kappa shape index (κ1) is 37.3. The highest BCUT2D eigenvalue weighted by Crippen LogP contribution is 2.27. The second-order valence-electron chi connectivity index (χ2n) is 10.4. The molecule has 2 rings (SSSR count). The molecule has 11 nitrogen and oxygen atoms in total. The number of methoxy groups -OCH3 is 1. The molecule has 1 unspecified atom stereocenters. The van der Waals surface area contributed by atoms with E-state index in [2.05, 4.69) is 17.2 Å². The molecule has 2 aromatic carbocycles. The van der Waals surface area contributed by atoms with Gasteiger partial charge in [0.15, 0.2) is 0 Å². The van der Waals surface area contributed by atoms with Crippen LogP contribution >= 0.6 is 0 Å². The van der Waals surface area contributed by atoms with Gasteiger partial charge in [0, 0.05) is 17.5 Å². The van der Waals surface area contributed by atoms with E-state index >= 15 is 0 Å². The summed E-state index contributed by atoms with van der Waals surface area (Å²) in [6, 6.07) is 11.8. The number of aliphatic imine (C=N–C) groups is 1. The molecule has 0 aliphatic carbocycles. The van der Waals surface area contributed by atoms with Crippen LogP contribution in [0.15, 0.2) is 83.5 Å². The van der Waals surface area contributed by atoms with Gasteiger partial charge in [-0.1, -0.05) is 57.0 Å². The highest BCUT2D eigenvalue weighted by molar-refractivity contribution is 5.93. The molecule has 1 atom stereocenters. The van der Waals surface area contributed by atoms with Crippen molar-refractivity contribution in [1.82, 2.24) is 5.32 Å². The molecule has 0 heterocycles. The second-order valence-corrected chi connectivity index (χ2v) is 10.4. The van der Waals surface area contributed by atoms with E-state index in [1.807, 2.05) is 19.1 Å². The summed E-state index contributed by atoms with van der Waals surface area (Å²) in [4.78, 5) is 40.9. The fourth-order valence-corrected chi connectivity index (χ4v) is 4.19. The molecule has 46 heavy (non-hydrogen) atoms. The molecule has 0 saturated carbocycles. The number of unbranched alkanes of at least 4 members (excludes halogenated alkanes) is 2. The zero-order chi connectivity index (χ0) is 33.7. The predicted octanol–water partition coefficient (Wildman–Crippen LogP) is 6.27. The molecule has 2 aromatic rings. The van der Waals surface area contributed by atoms with Crippen molar-refractivity contribution in [3.63, 3.8) is 0 Å². The number of carbonyl (C=O) groups is 2. The van der Waals surface area contributed by atoms with E-state index in [0.717, 1.165) is 31.2 Å². The van der Waals surface area contributed by atoms with Crippen LogP contribution in [0.4, 0.5) is 0 Å². The minimum Gasteiger partial charge on any atom is -0.497 e. The van der Waals surface area contributed by atoms with Crippen molar-refractivity contribution in [2.24, 2.45) is 10.7 Å². The van der Waals surface area contributed by atoms with E-state index in [-0.39, 0.29) is 43.3 Å². The van der Waals surface area contributed by atoms with E-state index in [1.165, 1.54) is 12.3 Å². The van der Waals surface area contributed by atoms with Crippen LogP contribution in [0.5, 0.6) is 11.5 Å². The average Bonchev–Trinajstić information content (AvgIpc) is 3.04. The maximum absolute atomic E-state index is 13.2. The number of nitrogens with one attached hydrogen (secondary N) is 1. The minimum absolute atomic E-state index is 0.114. The molecule has 0 spiro atoms. The summed E-state index contributed by atoms with van der Waals surface area (Å²) in [5, 5.41) is 13.6. The van der Waals surface area contributed by atoms with Gasteiger partial charge in [0.2, 0.25) is 12.5 Å². The molecule has 248 valence electrons. The quantitative estimate of drug-likeness (QED) is 0.0328. The Kier molecular flexibility index (Phi) is 16.9. The summed E-state index contributed by atoms with van der Waals surface area (Å²) in [7, 11) is 1.58. The Morgan fingerprint density at radius 2 is 1.78 bits per heavy atom. The number of hydrogen-bond donors (Lipinski definition) is 2.